The van der Waals surface area contributed by atoms with Gasteiger partial charge in [-0.1, -0.05) is 32.0 Å². The minimum Gasteiger partial charge on any atom is -0.490 e. The fraction of sp³-hybridized carbons (Fsp3) is 0.615. The summed E-state index contributed by atoms with van der Waals surface area (Å²) in [7, 11) is 0. The molecular weight excluding hydrogens is 456 g/mol. The Morgan fingerprint density at radius 2 is 1.59 bits per heavy atom. The average Bonchev–Trinajstić information content (AvgIpc) is 2.75. The smallest absolute Gasteiger partial charge is 0.420 e. The largest absolute Gasteiger partial charge is 0.490 e. The van der Waals surface area contributed by atoms with Crippen molar-refractivity contribution in [1.82, 2.24) is 5.32 Å². The van der Waals surface area contributed by atoms with E-state index >= 15 is 0 Å². The first-order valence-electron chi connectivity index (χ1n) is 11.9. The van der Waals surface area contributed by atoms with Crippen LogP contribution in [0.25, 0.3) is 10.8 Å². The van der Waals surface area contributed by atoms with E-state index in [1.54, 1.807) is 18.2 Å². The minimum atomic E-state index is -4.66. The van der Waals surface area contributed by atoms with Crippen LogP contribution in [-0.2, 0) is 6.18 Å². The zero-order valence-corrected chi connectivity index (χ0v) is 19.6. The zero-order valence-electron chi connectivity index (χ0n) is 19.6. The molecule has 0 saturated heterocycles. The first kappa shape index (κ1) is 25.1. The van der Waals surface area contributed by atoms with Crippen LogP contribution in [0.1, 0.15) is 76.5 Å². The summed E-state index contributed by atoms with van der Waals surface area (Å²) in [5, 5.41) is 4.03. The van der Waals surface area contributed by atoms with Crippen molar-refractivity contribution in [1.29, 1.82) is 0 Å². The molecular formula is C26H31F6NO. The number of rotatable bonds is 5. The molecule has 34 heavy (non-hydrogen) atoms. The van der Waals surface area contributed by atoms with Crippen molar-refractivity contribution < 1.29 is 31.1 Å². The van der Waals surface area contributed by atoms with Gasteiger partial charge < -0.3 is 10.1 Å². The van der Waals surface area contributed by atoms with Crippen molar-refractivity contribution in [3.63, 3.8) is 0 Å². The van der Waals surface area contributed by atoms with Crippen LogP contribution in [0.5, 0.6) is 5.75 Å². The predicted molar refractivity (Wildman–Crippen MR) is 120 cm³/mol. The van der Waals surface area contributed by atoms with Crippen molar-refractivity contribution in [2.24, 2.45) is 11.3 Å². The maximum absolute atomic E-state index is 14.2. The number of hydrogen-bond acceptors (Lipinski definition) is 2. The number of benzene rings is 2. The standard InChI is InChI=1S/C26H31F6NO/c1-15(33-22-12-13-24(22,2)3)17-5-4-16-6-11-21(23(20(16)14-17)26(30,31)32)34-19-9-7-18(8-10-19)25(27,28)29/h4-6,11,14-15,18-19,22,33H,7-10,12-13H2,1-3H3/t15-,18?,19?,22+/m1/s1. The van der Waals surface area contributed by atoms with Crippen molar-refractivity contribution in [3.8, 4) is 5.75 Å². The number of nitrogens with one attached hydrogen (secondary N) is 1. The number of ether oxygens (including phenoxy) is 1. The Hall–Kier alpha value is -1.96. The summed E-state index contributed by atoms with van der Waals surface area (Å²) in [6.45, 7) is 6.30. The van der Waals surface area contributed by atoms with E-state index in [0.717, 1.165) is 18.4 Å². The van der Waals surface area contributed by atoms with Crippen LogP contribution in [-0.4, -0.2) is 18.3 Å². The quantitative estimate of drug-likeness (QED) is 0.429. The molecule has 0 spiro atoms. The molecule has 2 aromatic rings. The van der Waals surface area contributed by atoms with Crippen LogP contribution < -0.4 is 10.1 Å². The Morgan fingerprint density at radius 3 is 2.12 bits per heavy atom. The van der Waals surface area contributed by atoms with Gasteiger partial charge in [0.25, 0.3) is 0 Å². The third kappa shape index (κ3) is 5.16. The number of alkyl halides is 6. The highest BCUT2D eigenvalue weighted by Gasteiger charge is 2.43. The van der Waals surface area contributed by atoms with Gasteiger partial charge in [-0.05, 0) is 79.3 Å². The van der Waals surface area contributed by atoms with Gasteiger partial charge in [0.1, 0.15) is 11.3 Å². The molecule has 0 bridgehead atoms. The molecule has 0 unspecified atom stereocenters. The monoisotopic (exact) mass is 487 g/mol. The highest BCUT2D eigenvalue weighted by atomic mass is 19.4. The average molecular weight is 488 g/mol. The van der Waals surface area contributed by atoms with E-state index in [-0.39, 0.29) is 48.3 Å². The molecule has 2 aromatic carbocycles. The maximum atomic E-state index is 14.2. The molecule has 2 aliphatic rings. The second-order valence-electron chi connectivity index (χ2n) is 10.5. The topological polar surface area (TPSA) is 21.3 Å². The van der Waals surface area contributed by atoms with E-state index in [9.17, 15) is 26.3 Å². The molecule has 2 fully saturated rings. The minimum absolute atomic E-state index is 0.0491. The van der Waals surface area contributed by atoms with Gasteiger partial charge in [-0.3, -0.25) is 0 Å². The Labute approximate surface area is 196 Å². The van der Waals surface area contributed by atoms with Crippen LogP contribution in [0.2, 0.25) is 0 Å². The fourth-order valence-electron chi connectivity index (χ4n) is 5.24. The summed E-state index contributed by atoms with van der Waals surface area (Å²) >= 11 is 0. The van der Waals surface area contributed by atoms with Gasteiger partial charge in [0.05, 0.1) is 12.0 Å². The summed E-state index contributed by atoms with van der Waals surface area (Å²) in [5.74, 6) is -1.73. The fourth-order valence-corrected chi connectivity index (χ4v) is 5.24. The molecule has 0 amide bonds. The lowest BCUT2D eigenvalue weighted by atomic mass is 9.67. The predicted octanol–water partition coefficient (Wildman–Crippen LogP) is 8.20. The number of hydrogen-bond donors (Lipinski definition) is 1. The normalized spacial score (nSPS) is 26.2. The molecule has 8 heteroatoms. The van der Waals surface area contributed by atoms with E-state index in [4.69, 9.17) is 4.74 Å². The van der Waals surface area contributed by atoms with Crippen molar-refractivity contribution >= 4 is 10.8 Å². The van der Waals surface area contributed by atoms with E-state index in [2.05, 4.69) is 19.2 Å². The molecule has 188 valence electrons. The third-order valence-corrected chi connectivity index (χ3v) is 7.69. The van der Waals surface area contributed by atoms with Gasteiger partial charge in [0.15, 0.2) is 0 Å². The van der Waals surface area contributed by atoms with Crippen LogP contribution >= 0.6 is 0 Å². The number of fused-ring (bicyclic) bond motifs is 1. The van der Waals surface area contributed by atoms with Gasteiger partial charge >= 0.3 is 12.4 Å². The van der Waals surface area contributed by atoms with Crippen molar-refractivity contribution in [2.45, 2.75) is 89.8 Å². The van der Waals surface area contributed by atoms with E-state index in [0.29, 0.717) is 11.4 Å². The second kappa shape index (κ2) is 8.92. The molecule has 2 aliphatic carbocycles. The van der Waals surface area contributed by atoms with E-state index in [1.807, 2.05) is 13.0 Å². The second-order valence-corrected chi connectivity index (χ2v) is 10.5. The van der Waals surface area contributed by atoms with Gasteiger partial charge in [-0.2, -0.15) is 26.3 Å². The summed E-state index contributed by atoms with van der Waals surface area (Å²) in [4.78, 5) is 0. The van der Waals surface area contributed by atoms with Crippen LogP contribution in [0.3, 0.4) is 0 Å². The van der Waals surface area contributed by atoms with Crippen LogP contribution in [0.15, 0.2) is 30.3 Å². The summed E-state index contributed by atoms with van der Waals surface area (Å²) in [6, 6.07) is 8.14. The molecule has 0 aliphatic heterocycles. The molecule has 0 aromatic heterocycles. The molecule has 0 radical (unpaired) electrons. The number of halogens is 6. The molecule has 1 N–H and O–H groups in total. The van der Waals surface area contributed by atoms with E-state index < -0.39 is 29.9 Å². The molecule has 4 rings (SSSR count). The zero-order chi connectivity index (χ0) is 24.9. The SMILES string of the molecule is C[C@@H](N[C@H]1CCC1(C)C)c1ccc2ccc(OC3CCC(C(F)(F)F)CC3)c(C(F)(F)F)c2c1. The van der Waals surface area contributed by atoms with Crippen molar-refractivity contribution in [3.05, 3.63) is 41.5 Å². The van der Waals surface area contributed by atoms with Gasteiger partial charge in [0, 0.05) is 12.1 Å². The van der Waals surface area contributed by atoms with Gasteiger partial charge in [0.2, 0.25) is 0 Å². The summed E-state index contributed by atoms with van der Waals surface area (Å²) < 4.78 is 87.2. The third-order valence-electron chi connectivity index (χ3n) is 7.69. The highest BCUT2D eigenvalue weighted by molar-refractivity contribution is 5.89. The lowest BCUT2D eigenvalue weighted by molar-refractivity contribution is -0.185. The molecule has 2 atom stereocenters. The Kier molecular flexibility index (Phi) is 6.60. The molecule has 2 saturated carbocycles. The Morgan fingerprint density at radius 1 is 0.941 bits per heavy atom. The van der Waals surface area contributed by atoms with Gasteiger partial charge in [-0.25, -0.2) is 0 Å². The maximum Gasteiger partial charge on any atom is 0.420 e. The Bertz CT molecular complexity index is 1020. The first-order chi connectivity index (χ1) is 15.8. The van der Waals surface area contributed by atoms with Crippen LogP contribution in [0.4, 0.5) is 26.3 Å². The lowest BCUT2D eigenvalue weighted by Gasteiger charge is -2.46. The van der Waals surface area contributed by atoms with E-state index in [1.165, 1.54) is 6.07 Å². The van der Waals surface area contributed by atoms with Crippen molar-refractivity contribution in [2.75, 3.05) is 0 Å². The lowest BCUT2D eigenvalue weighted by Crippen LogP contribution is -2.50. The molecule has 0 heterocycles. The molecule has 2 nitrogen and oxygen atoms in total. The first-order valence-corrected chi connectivity index (χ1v) is 11.9. The van der Waals surface area contributed by atoms with Gasteiger partial charge in [-0.15, -0.1) is 0 Å². The Balaban J connectivity index is 1.60. The highest BCUT2D eigenvalue weighted by Crippen LogP contribution is 2.45. The van der Waals surface area contributed by atoms with Crippen LogP contribution in [0, 0.1) is 11.3 Å². The summed E-state index contributed by atoms with van der Waals surface area (Å²) in [6.07, 6.45) is -7.56. The summed E-state index contributed by atoms with van der Waals surface area (Å²) in [5.41, 5.74) is 0.0541.